The van der Waals surface area contributed by atoms with E-state index < -0.39 is 23.8 Å². The van der Waals surface area contributed by atoms with Crippen molar-refractivity contribution in [1.29, 1.82) is 0 Å². The summed E-state index contributed by atoms with van der Waals surface area (Å²) < 4.78 is 47.7. The van der Waals surface area contributed by atoms with Crippen molar-refractivity contribution in [2.75, 3.05) is 6.54 Å². The molecule has 8 heteroatoms. The zero-order valence-corrected chi connectivity index (χ0v) is 19.0. The third-order valence-corrected chi connectivity index (χ3v) is 6.59. The standard InChI is InChI=1S/C27H23F3N2O3/c1-16-19(17-7-3-2-4-8-17)9-5-10-20(16)25-31-22-13-18(15-32-12-6-11-23(32)26(33)34)21(27(28,29)30)14-24(22)35-25/h2-5,7-10,13-14,23H,6,11-12,15H2,1H3,(H,33,34)/t23-/m0/s1. The summed E-state index contributed by atoms with van der Waals surface area (Å²) in [5.74, 6) is -0.778. The van der Waals surface area contributed by atoms with Crippen LogP contribution in [0.3, 0.4) is 0 Å². The summed E-state index contributed by atoms with van der Waals surface area (Å²) in [5, 5.41) is 9.43. The van der Waals surface area contributed by atoms with Gasteiger partial charge in [0.25, 0.3) is 0 Å². The zero-order valence-electron chi connectivity index (χ0n) is 19.0. The van der Waals surface area contributed by atoms with Crippen LogP contribution in [0.2, 0.25) is 0 Å². The normalized spacial score (nSPS) is 16.7. The van der Waals surface area contributed by atoms with E-state index >= 15 is 0 Å². The van der Waals surface area contributed by atoms with Crippen molar-refractivity contribution < 1.29 is 27.5 Å². The minimum Gasteiger partial charge on any atom is -0.480 e. The van der Waals surface area contributed by atoms with Gasteiger partial charge in [-0.3, -0.25) is 9.69 Å². The lowest BCUT2D eigenvalue weighted by Crippen LogP contribution is -2.35. The number of carboxylic acid groups (broad SMARTS) is 1. The number of fused-ring (bicyclic) bond motifs is 1. The van der Waals surface area contributed by atoms with Crippen molar-refractivity contribution in [3.8, 4) is 22.6 Å². The van der Waals surface area contributed by atoms with E-state index in [9.17, 15) is 23.1 Å². The lowest BCUT2D eigenvalue weighted by Gasteiger charge is -2.23. The minimum atomic E-state index is -4.61. The Bertz CT molecular complexity index is 1400. The Morgan fingerprint density at radius 3 is 2.57 bits per heavy atom. The number of alkyl halides is 3. The third kappa shape index (κ3) is 4.41. The van der Waals surface area contributed by atoms with Crippen molar-refractivity contribution in [2.24, 2.45) is 0 Å². The van der Waals surface area contributed by atoms with E-state index in [2.05, 4.69) is 4.98 Å². The molecule has 0 saturated carbocycles. The minimum absolute atomic E-state index is 0.00671. The maximum absolute atomic E-state index is 13.9. The second-order valence-corrected chi connectivity index (χ2v) is 8.80. The van der Waals surface area contributed by atoms with Crippen LogP contribution in [-0.4, -0.2) is 33.5 Å². The molecule has 3 aromatic carbocycles. The summed E-state index contributed by atoms with van der Waals surface area (Å²) in [6.45, 7) is 2.24. The largest absolute Gasteiger partial charge is 0.480 e. The number of hydrogen-bond donors (Lipinski definition) is 1. The average Bonchev–Trinajstić information content (AvgIpc) is 3.45. The molecule has 4 aromatic rings. The Morgan fingerprint density at radius 1 is 1.11 bits per heavy atom. The van der Waals surface area contributed by atoms with E-state index in [1.54, 1.807) is 4.90 Å². The van der Waals surface area contributed by atoms with Gasteiger partial charge >= 0.3 is 12.1 Å². The number of aliphatic carboxylic acids is 1. The number of aromatic nitrogens is 1. The number of rotatable bonds is 5. The first kappa shape index (κ1) is 23.1. The van der Waals surface area contributed by atoms with Crippen LogP contribution in [0, 0.1) is 6.92 Å². The van der Waals surface area contributed by atoms with Crippen molar-refractivity contribution >= 4 is 17.1 Å². The fourth-order valence-electron chi connectivity index (χ4n) is 4.84. The Balaban J connectivity index is 1.58. The number of halogens is 3. The van der Waals surface area contributed by atoms with Crippen molar-refractivity contribution in [2.45, 2.75) is 38.5 Å². The molecule has 0 aliphatic carbocycles. The summed E-state index contributed by atoms with van der Waals surface area (Å²) in [6, 6.07) is 17.0. The maximum Gasteiger partial charge on any atom is 0.416 e. The number of nitrogens with zero attached hydrogens (tertiary/aromatic N) is 2. The van der Waals surface area contributed by atoms with Crippen molar-refractivity contribution in [1.82, 2.24) is 9.88 Å². The molecule has 1 aliphatic heterocycles. The molecule has 1 saturated heterocycles. The molecule has 5 nitrogen and oxygen atoms in total. The van der Waals surface area contributed by atoms with Crippen LogP contribution in [0.4, 0.5) is 13.2 Å². The Morgan fingerprint density at radius 2 is 1.86 bits per heavy atom. The molecule has 0 bridgehead atoms. The first-order chi connectivity index (χ1) is 16.7. The van der Waals surface area contributed by atoms with Crippen LogP contribution in [0.25, 0.3) is 33.7 Å². The Kier molecular flexibility index (Phi) is 5.84. The Labute approximate surface area is 199 Å². The molecule has 0 unspecified atom stereocenters. The SMILES string of the molecule is Cc1c(-c2ccccc2)cccc1-c1nc2cc(CN3CCC[C@H]3C(=O)O)c(C(F)(F)F)cc2o1. The van der Waals surface area contributed by atoms with E-state index in [1.807, 2.05) is 55.5 Å². The number of likely N-dealkylation sites (tertiary alicyclic amines) is 1. The smallest absolute Gasteiger partial charge is 0.416 e. The molecule has 1 N–H and O–H groups in total. The van der Waals surface area contributed by atoms with Gasteiger partial charge < -0.3 is 9.52 Å². The molecule has 5 rings (SSSR count). The number of hydrogen-bond acceptors (Lipinski definition) is 4. The molecule has 1 aliphatic rings. The van der Waals surface area contributed by atoms with Gasteiger partial charge in [-0.25, -0.2) is 4.98 Å². The molecular weight excluding hydrogens is 457 g/mol. The monoisotopic (exact) mass is 480 g/mol. The number of benzene rings is 3. The molecule has 180 valence electrons. The summed E-state index contributed by atoms with van der Waals surface area (Å²) in [4.78, 5) is 17.6. The molecule has 2 heterocycles. The zero-order chi connectivity index (χ0) is 24.7. The number of carboxylic acids is 1. The molecule has 1 aromatic heterocycles. The highest BCUT2D eigenvalue weighted by Gasteiger charge is 2.37. The summed E-state index contributed by atoms with van der Waals surface area (Å²) in [5.41, 5.74) is 3.10. The van der Waals surface area contributed by atoms with E-state index in [-0.39, 0.29) is 23.6 Å². The van der Waals surface area contributed by atoms with E-state index in [0.717, 1.165) is 22.8 Å². The highest BCUT2D eigenvalue weighted by molar-refractivity contribution is 5.81. The average molecular weight is 480 g/mol. The van der Waals surface area contributed by atoms with E-state index in [1.165, 1.54) is 6.07 Å². The van der Waals surface area contributed by atoms with Gasteiger partial charge in [-0.2, -0.15) is 13.2 Å². The second-order valence-electron chi connectivity index (χ2n) is 8.80. The van der Waals surface area contributed by atoms with Crippen LogP contribution in [0.5, 0.6) is 0 Å². The fourth-order valence-corrected chi connectivity index (χ4v) is 4.84. The van der Waals surface area contributed by atoms with Gasteiger partial charge in [-0.15, -0.1) is 0 Å². The van der Waals surface area contributed by atoms with Crippen LogP contribution < -0.4 is 0 Å². The molecular formula is C27H23F3N2O3. The molecule has 0 amide bonds. The van der Waals surface area contributed by atoms with Crippen LogP contribution in [0.15, 0.2) is 65.1 Å². The van der Waals surface area contributed by atoms with Gasteiger partial charge in [0.2, 0.25) is 5.89 Å². The fraction of sp³-hybridized carbons (Fsp3) is 0.259. The predicted octanol–water partition coefficient (Wildman–Crippen LogP) is 6.54. The molecule has 1 fully saturated rings. The van der Waals surface area contributed by atoms with Crippen molar-refractivity contribution in [3.63, 3.8) is 0 Å². The maximum atomic E-state index is 13.9. The molecule has 1 atom stereocenters. The number of oxazole rings is 1. The van der Waals surface area contributed by atoms with Crippen LogP contribution in [-0.2, 0) is 17.5 Å². The quantitative estimate of drug-likeness (QED) is 0.351. The van der Waals surface area contributed by atoms with Gasteiger partial charge in [0.15, 0.2) is 5.58 Å². The molecule has 35 heavy (non-hydrogen) atoms. The lowest BCUT2D eigenvalue weighted by molar-refractivity contribution is -0.142. The topological polar surface area (TPSA) is 66.6 Å². The van der Waals surface area contributed by atoms with Crippen molar-refractivity contribution in [3.05, 3.63) is 77.4 Å². The lowest BCUT2D eigenvalue weighted by atomic mass is 9.96. The number of carbonyl (C=O) groups is 1. The highest BCUT2D eigenvalue weighted by atomic mass is 19.4. The first-order valence-corrected chi connectivity index (χ1v) is 11.4. The predicted molar refractivity (Wildman–Crippen MR) is 126 cm³/mol. The second kappa shape index (κ2) is 8.85. The van der Waals surface area contributed by atoms with Gasteiger partial charge in [-0.1, -0.05) is 42.5 Å². The molecule has 0 spiro atoms. The van der Waals surface area contributed by atoms with Crippen LogP contribution in [0.1, 0.15) is 29.5 Å². The van der Waals surface area contributed by atoms with Gasteiger partial charge in [0.05, 0.1) is 5.56 Å². The van der Waals surface area contributed by atoms with Gasteiger partial charge in [0.1, 0.15) is 11.6 Å². The van der Waals surface area contributed by atoms with E-state index in [4.69, 9.17) is 4.42 Å². The Hall–Kier alpha value is -3.65. The highest BCUT2D eigenvalue weighted by Crippen LogP contribution is 2.38. The summed E-state index contributed by atoms with van der Waals surface area (Å²) in [7, 11) is 0. The summed E-state index contributed by atoms with van der Waals surface area (Å²) in [6.07, 6.45) is -3.56. The van der Waals surface area contributed by atoms with E-state index in [0.29, 0.717) is 30.5 Å². The molecule has 0 radical (unpaired) electrons. The van der Waals surface area contributed by atoms with Gasteiger partial charge in [0, 0.05) is 12.1 Å². The summed E-state index contributed by atoms with van der Waals surface area (Å²) >= 11 is 0. The third-order valence-electron chi connectivity index (χ3n) is 6.59. The van der Waals surface area contributed by atoms with Gasteiger partial charge in [-0.05, 0) is 66.8 Å². The first-order valence-electron chi connectivity index (χ1n) is 11.4. The van der Waals surface area contributed by atoms with Crippen LogP contribution >= 0.6 is 0 Å².